The van der Waals surface area contributed by atoms with Crippen molar-refractivity contribution in [3.63, 3.8) is 0 Å². The molecule has 0 aliphatic rings. The van der Waals surface area contributed by atoms with E-state index in [1.807, 2.05) is 0 Å². The van der Waals surface area contributed by atoms with Crippen LogP contribution in [-0.2, 0) is 42.1 Å². The molecule has 4 nitrogen and oxygen atoms in total. The van der Waals surface area contributed by atoms with E-state index < -0.39 is 0 Å². The van der Waals surface area contributed by atoms with Crippen LogP contribution in [-0.4, -0.2) is 0 Å². The van der Waals surface area contributed by atoms with E-state index in [4.69, 9.17) is 0 Å². The minimum atomic E-state index is 0. The fraction of sp³-hybridized carbons (Fsp3) is 0. The van der Waals surface area contributed by atoms with E-state index in [1.54, 1.807) is 0 Å². The van der Waals surface area contributed by atoms with Crippen LogP contribution in [0.5, 0.6) is 0 Å². The third-order valence-corrected chi connectivity index (χ3v) is 0. The molecule has 0 aromatic rings. The average molecular weight is 458 g/mol. The van der Waals surface area contributed by atoms with Gasteiger partial charge >= 0.3 is 42.1 Å². The van der Waals surface area contributed by atoms with Gasteiger partial charge in [-0.15, -0.1) is 0 Å². The SMILES string of the molecule is N.N.N.N.[Pt+2].[Pt+2]. The molecule has 6 heavy (non-hydrogen) atoms. The van der Waals surface area contributed by atoms with E-state index in [9.17, 15) is 0 Å². The Balaban J connectivity index is 0. The predicted octanol–water partition coefficient (Wildman–Crippen LogP) is 0.643. The van der Waals surface area contributed by atoms with E-state index in [-0.39, 0.29) is 66.7 Å². The first-order valence-electron chi connectivity index (χ1n) is 0. The minimum Gasteiger partial charge on any atom is -0.344 e. The summed E-state index contributed by atoms with van der Waals surface area (Å²) in [6.07, 6.45) is 0. The summed E-state index contributed by atoms with van der Waals surface area (Å²) in [6.45, 7) is 0. The van der Waals surface area contributed by atoms with Gasteiger partial charge in [-0.2, -0.15) is 0 Å². The second-order valence-corrected chi connectivity index (χ2v) is 0. The van der Waals surface area contributed by atoms with Crippen LogP contribution in [0.1, 0.15) is 0 Å². The minimum absolute atomic E-state index is 0. The Morgan fingerprint density at radius 2 is 0.333 bits per heavy atom. The first-order chi connectivity index (χ1) is 0. The van der Waals surface area contributed by atoms with Crippen molar-refractivity contribution in [1.29, 1.82) is 0 Å². The molecule has 0 aliphatic heterocycles. The van der Waals surface area contributed by atoms with Crippen LogP contribution in [0.15, 0.2) is 0 Å². The predicted molar refractivity (Wildman–Crippen MR) is 20.1 cm³/mol. The summed E-state index contributed by atoms with van der Waals surface area (Å²) >= 11 is 0. The quantitative estimate of drug-likeness (QED) is 0.423. The van der Waals surface area contributed by atoms with E-state index in [1.165, 1.54) is 0 Å². The fourth-order valence-electron chi connectivity index (χ4n) is 0. The first-order valence-corrected chi connectivity index (χ1v) is 0. The van der Waals surface area contributed by atoms with Crippen LogP contribution < -0.4 is 24.6 Å². The van der Waals surface area contributed by atoms with Gasteiger partial charge in [0.25, 0.3) is 0 Å². The van der Waals surface area contributed by atoms with Gasteiger partial charge in [0.2, 0.25) is 0 Å². The molecular weight excluding hydrogens is 446 g/mol. The Hall–Kier alpha value is 1.22. The molecule has 0 rings (SSSR count). The zero-order valence-corrected chi connectivity index (χ0v) is 8.01. The van der Waals surface area contributed by atoms with Gasteiger partial charge in [-0.25, -0.2) is 0 Å². The van der Waals surface area contributed by atoms with Gasteiger partial charge in [-0.3, -0.25) is 0 Å². The Bertz CT molecular complexity index is 5.51. The molecule has 12 N–H and O–H groups in total. The van der Waals surface area contributed by atoms with Gasteiger partial charge in [0.1, 0.15) is 0 Å². The van der Waals surface area contributed by atoms with Crippen molar-refractivity contribution in [3.8, 4) is 0 Å². The van der Waals surface area contributed by atoms with E-state index in [0.29, 0.717) is 0 Å². The van der Waals surface area contributed by atoms with Gasteiger partial charge in [0, 0.05) is 0 Å². The topological polar surface area (TPSA) is 140 Å². The third kappa shape index (κ3) is 62.7. The summed E-state index contributed by atoms with van der Waals surface area (Å²) in [5.74, 6) is 0. The maximum atomic E-state index is 0. The largest absolute Gasteiger partial charge is 2.00 e. The molecule has 0 unspecified atom stereocenters. The van der Waals surface area contributed by atoms with Gasteiger partial charge in [0.05, 0.1) is 0 Å². The van der Waals surface area contributed by atoms with Crippen LogP contribution in [0.25, 0.3) is 0 Å². The monoisotopic (exact) mass is 458 g/mol. The van der Waals surface area contributed by atoms with Crippen molar-refractivity contribution in [2.75, 3.05) is 0 Å². The summed E-state index contributed by atoms with van der Waals surface area (Å²) in [5, 5.41) is 0. The van der Waals surface area contributed by atoms with Crippen molar-refractivity contribution in [2.45, 2.75) is 0 Å². The summed E-state index contributed by atoms with van der Waals surface area (Å²) in [7, 11) is 0. The molecule has 0 aromatic heterocycles. The molecule has 0 amide bonds. The zero-order valence-electron chi connectivity index (χ0n) is 3.46. The fourth-order valence-corrected chi connectivity index (χ4v) is 0. The molecule has 0 bridgehead atoms. The molecule has 0 saturated carbocycles. The number of hydrogen-bond acceptors (Lipinski definition) is 4. The molecule has 0 aliphatic carbocycles. The molecule has 0 saturated heterocycles. The van der Waals surface area contributed by atoms with Crippen molar-refractivity contribution < 1.29 is 42.1 Å². The first kappa shape index (κ1) is 188. The van der Waals surface area contributed by atoms with E-state index in [0.717, 1.165) is 0 Å². The molecule has 0 aromatic carbocycles. The van der Waals surface area contributed by atoms with Crippen molar-refractivity contribution in [3.05, 3.63) is 0 Å². The molecule has 0 radical (unpaired) electrons. The van der Waals surface area contributed by atoms with Crippen molar-refractivity contribution in [1.82, 2.24) is 24.6 Å². The molecule has 48 valence electrons. The summed E-state index contributed by atoms with van der Waals surface area (Å²) in [5.41, 5.74) is 0. The van der Waals surface area contributed by atoms with Crippen molar-refractivity contribution in [2.24, 2.45) is 0 Å². The molecular formula is H12N4Pt2+4. The Morgan fingerprint density at radius 1 is 0.333 bits per heavy atom. The van der Waals surface area contributed by atoms with Gasteiger partial charge in [0.15, 0.2) is 0 Å². The van der Waals surface area contributed by atoms with Crippen LogP contribution >= 0.6 is 0 Å². The second-order valence-electron chi connectivity index (χ2n) is 0. The van der Waals surface area contributed by atoms with Gasteiger partial charge in [-0.05, 0) is 0 Å². The molecule has 0 heterocycles. The summed E-state index contributed by atoms with van der Waals surface area (Å²) in [4.78, 5) is 0. The second kappa shape index (κ2) is 114. The molecule has 6 heteroatoms. The molecule has 0 spiro atoms. The smallest absolute Gasteiger partial charge is 0.344 e. The van der Waals surface area contributed by atoms with Gasteiger partial charge in [-0.1, -0.05) is 0 Å². The standard InChI is InChI=1S/4H3N.2Pt/h4*1H3;;/q;;;;2*+2. The number of hydrogen-bond donors (Lipinski definition) is 4. The third-order valence-electron chi connectivity index (χ3n) is 0. The maximum absolute atomic E-state index is 0. The van der Waals surface area contributed by atoms with E-state index >= 15 is 0 Å². The molecule has 0 fully saturated rings. The van der Waals surface area contributed by atoms with Crippen molar-refractivity contribution >= 4 is 0 Å². The zero-order chi connectivity index (χ0) is 0. The Kier molecular flexibility index (Phi) is 3590. The summed E-state index contributed by atoms with van der Waals surface area (Å²) < 4.78 is 0. The normalized spacial score (nSPS) is 0. The van der Waals surface area contributed by atoms with Crippen LogP contribution in [0.4, 0.5) is 0 Å². The van der Waals surface area contributed by atoms with Crippen LogP contribution in [0.2, 0.25) is 0 Å². The van der Waals surface area contributed by atoms with Gasteiger partial charge < -0.3 is 24.6 Å². The average Bonchev–Trinajstić information content (AvgIpc) is 0. The van der Waals surface area contributed by atoms with E-state index in [2.05, 4.69) is 0 Å². The van der Waals surface area contributed by atoms with Crippen LogP contribution in [0, 0.1) is 0 Å². The Labute approximate surface area is 66.7 Å². The number of rotatable bonds is 0. The van der Waals surface area contributed by atoms with Crippen LogP contribution in [0.3, 0.4) is 0 Å². The Morgan fingerprint density at radius 3 is 0.333 bits per heavy atom. The summed E-state index contributed by atoms with van der Waals surface area (Å²) in [6, 6.07) is 0. The maximum Gasteiger partial charge on any atom is 2.00 e. The molecule has 0 atom stereocenters.